The van der Waals surface area contributed by atoms with Crippen LogP contribution in [0.1, 0.15) is 69.4 Å². The minimum atomic E-state index is -0.424. The van der Waals surface area contributed by atoms with Crippen LogP contribution in [0.3, 0.4) is 0 Å². The molecule has 4 nitrogen and oxygen atoms in total. The molecule has 0 aromatic heterocycles. The summed E-state index contributed by atoms with van der Waals surface area (Å²) in [7, 11) is 1.73. The van der Waals surface area contributed by atoms with Crippen LogP contribution in [0.15, 0.2) is 34.9 Å². The molecular formula is C24H27NO3. The van der Waals surface area contributed by atoms with Gasteiger partial charge in [-0.25, -0.2) is 0 Å². The van der Waals surface area contributed by atoms with Crippen LogP contribution in [-0.2, 0) is 9.53 Å². The fourth-order valence-electron chi connectivity index (χ4n) is 5.42. The third-order valence-electron chi connectivity index (χ3n) is 6.49. The number of esters is 1. The van der Waals surface area contributed by atoms with Crippen molar-refractivity contribution in [1.29, 1.82) is 5.26 Å². The Balaban J connectivity index is 1.82. The summed E-state index contributed by atoms with van der Waals surface area (Å²) < 4.78 is 11.2. The zero-order chi connectivity index (χ0) is 19.7. The summed E-state index contributed by atoms with van der Waals surface area (Å²) >= 11 is 0. The number of carbonyl (C=O) groups excluding carboxylic acids is 1. The van der Waals surface area contributed by atoms with Crippen LogP contribution in [0, 0.1) is 23.2 Å². The number of nitriles is 1. The first-order valence-electron chi connectivity index (χ1n) is 10.3. The summed E-state index contributed by atoms with van der Waals surface area (Å²) in [6, 6.07) is 7.52. The average Bonchev–Trinajstić information content (AvgIpc) is 2.68. The monoisotopic (exact) mass is 377 g/mol. The molecule has 1 fully saturated rings. The summed E-state index contributed by atoms with van der Waals surface area (Å²) in [5.41, 5.74) is 6.05. The van der Waals surface area contributed by atoms with Crippen LogP contribution >= 0.6 is 0 Å². The van der Waals surface area contributed by atoms with Gasteiger partial charge in [0, 0.05) is 18.4 Å². The Kier molecular flexibility index (Phi) is 5.26. The van der Waals surface area contributed by atoms with Gasteiger partial charge < -0.3 is 9.47 Å². The first-order valence-corrected chi connectivity index (χ1v) is 10.3. The fourth-order valence-corrected chi connectivity index (χ4v) is 5.42. The van der Waals surface area contributed by atoms with E-state index in [-0.39, 0.29) is 0 Å². The Hall–Kier alpha value is -2.54. The Morgan fingerprint density at radius 3 is 2.75 bits per heavy atom. The molecule has 1 aromatic carbocycles. The van der Waals surface area contributed by atoms with Crippen molar-refractivity contribution in [3.63, 3.8) is 0 Å². The van der Waals surface area contributed by atoms with Crippen molar-refractivity contribution in [3.05, 3.63) is 46.0 Å². The molecule has 0 radical (unpaired) electrons. The minimum absolute atomic E-state index is 0.307. The standard InChI is InChI=1S/C24H27NO3/c1-15(26)28-22-13-18(10-11-19(22)14-25)24(27-2)23-17-7-5-9-21(23)20-8-4-3-6-16(20)12-17/h10-11,13,17,21H,3-9,12H2,1-2H3/b24-23+. The average molecular weight is 377 g/mol. The van der Waals surface area contributed by atoms with Crippen molar-refractivity contribution in [1.82, 2.24) is 0 Å². The molecule has 0 saturated heterocycles. The number of ether oxygens (including phenoxy) is 2. The number of methoxy groups -OCH3 is 1. The number of fused-ring (bicyclic) bond motifs is 3. The van der Waals surface area contributed by atoms with Gasteiger partial charge in [-0.15, -0.1) is 0 Å². The molecule has 0 aliphatic heterocycles. The number of carbonyl (C=O) groups is 1. The zero-order valence-corrected chi connectivity index (χ0v) is 16.7. The highest BCUT2D eigenvalue weighted by Crippen LogP contribution is 2.53. The minimum Gasteiger partial charge on any atom is -0.496 e. The smallest absolute Gasteiger partial charge is 0.308 e. The summed E-state index contributed by atoms with van der Waals surface area (Å²) in [5.74, 6) is 1.82. The second kappa shape index (κ2) is 7.83. The first-order chi connectivity index (χ1) is 13.6. The lowest BCUT2D eigenvalue weighted by Gasteiger charge is -2.43. The van der Waals surface area contributed by atoms with Crippen LogP contribution in [0.25, 0.3) is 5.76 Å². The summed E-state index contributed by atoms with van der Waals surface area (Å²) in [6.07, 6.45) is 9.97. The number of rotatable bonds is 3. The predicted octanol–water partition coefficient (Wildman–Crippen LogP) is 5.53. The lowest BCUT2D eigenvalue weighted by Crippen LogP contribution is -2.30. The Bertz CT molecular complexity index is 903. The number of nitrogens with zero attached hydrogens (tertiary/aromatic N) is 1. The third kappa shape index (κ3) is 3.35. The second-order valence-electron chi connectivity index (χ2n) is 8.13. The Morgan fingerprint density at radius 2 is 2.00 bits per heavy atom. The topological polar surface area (TPSA) is 59.3 Å². The molecule has 0 amide bonds. The van der Waals surface area contributed by atoms with Crippen LogP contribution in [-0.4, -0.2) is 13.1 Å². The molecule has 28 heavy (non-hydrogen) atoms. The van der Waals surface area contributed by atoms with E-state index in [1.165, 1.54) is 63.9 Å². The van der Waals surface area contributed by atoms with E-state index in [2.05, 4.69) is 6.07 Å². The van der Waals surface area contributed by atoms with E-state index in [1.807, 2.05) is 6.07 Å². The highest BCUT2D eigenvalue weighted by atomic mass is 16.5. The van der Waals surface area contributed by atoms with E-state index in [0.717, 1.165) is 11.3 Å². The number of hydrogen-bond acceptors (Lipinski definition) is 4. The molecule has 146 valence electrons. The maximum atomic E-state index is 11.5. The van der Waals surface area contributed by atoms with Gasteiger partial charge in [-0.3, -0.25) is 4.79 Å². The molecule has 2 atom stereocenters. The fraction of sp³-hybridized carbons (Fsp3) is 0.500. The van der Waals surface area contributed by atoms with E-state index in [4.69, 9.17) is 9.47 Å². The molecule has 0 heterocycles. The quantitative estimate of drug-likeness (QED) is 0.301. The molecule has 0 spiro atoms. The summed E-state index contributed by atoms with van der Waals surface area (Å²) in [5, 5.41) is 9.34. The maximum Gasteiger partial charge on any atom is 0.308 e. The van der Waals surface area contributed by atoms with E-state index in [1.54, 1.807) is 30.4 Å². The molecule has 4 rings (SSSR count). The third-order valence-corrected chi connectivity index (χ3v) is 6.49. The van der Waals surface area contributed by atoms with Crippen molar-refractivity contribution in [2.24, 2.45) is 11.8 Å². The van der Waals surface area contributed by atoms with Gasteiger partial charge in [-0.05, 0) is 74.6 Å². The second-order valence-corrected chi connectivity index (χ2v) is 8.13. The highest BCUT2D eigenvalue weighted by molar-refractivity contribution is 5.73. The molecule has 1 aromatic rings. The van der Waals surface area contributed by atoms with Crippen LogP contribution < -0.4 is 4.74 Å². The lowest BCUT2D eigenvalue weighted by molar-refractivity contribution is -0.131. The number of hydrogen-bond donors (Lipinski definition) is 0. The van der Waals surface area contributed by atoms with E-state index in [0.29, 0.717) is 23.1 Å². The van der Waals surface area contributed by atoms with Crippen LogP contribution in [0.4, 0.5) is 0 Å². The molecule has 4 heteroatoms. The normalized spacial score (nSPS) is 25.5. The largest absolute Gasteiger partial charge is 0.496 e. The van der Waals surface area contributed by atoms with Gasteiger partial charge in [0.25, 0.3) is 0 Å². The molecule has 3 aliphatic carbocycles. The molecule has 2 bridgehead atoms. The highest BCUT2D eigenvalue weighted by Gasteiger charge is 2.39. The summed E-state index contributed by atoms with van der Waals surface area (Å²) in [6.45, 7) is 1.35. The van der Waals surface area contributed by atoms with E-state index < -0.39 is 5.97 Å². The van der Waals surface area contributed by atoms with Gasteiger partial charge in [-0.1, -0.05) is 17.6 Å². The van der Waals surface area contributed by atoms with Crippen molar-refractivity contribution in [2.75, 3.05) is 7.11 Å². The van der Waals surface area contributed by atoms with Gasteiger partial charge in [-0.2, -0.15) is 5.26 Å². The van der Waals surface area contributed by atoms with Crippen LogP contribution in [0.2, 0.25) is 0 Å². The Morgan fingerprint density at radius 1 is 1.18 bits per heavy atom. The van der Waals surface area contributed by atoms with Crippen molar-refractivity contribution < 1.29 is 14.3 Å². The number of allylic oxidation sites excluding steroid dienone is 3. The summed E-state index contributed by atoms with van der Waals surface area (Å²) in [4.78, 5) is 11.5. The molecule has 2 unspecified atom stereocenters. The van der Waals surface area contributed by atoms with E-state index >= 15 is 0 Å². The van der Waals surface area contributed by atoms with Gasteiger partial charge in [0.05, 0.1) is 12.7 Å². The predicted molar refractivity (Wildman–Crippen MR) is 107 cm³/mol. The van der Waals surface area contributed by atoms with Gasteiger partial charge in [0.2, 0.25) is 0 Å². The molecule has 0 N–H and O–H groups in total. The van der Waals surface area contributed by atoms with Gasteiger partial charge in [0.15, 0.2) is 0 Å². The van der Waals surface area contributed by atoms with E-state index in [9.17, 15) is 10.1 Å². The number of benzene rings is 1. The van der Waals surface area contributed by atoms with Crippen molar-refractivity contribution in [2.45, 2.75) is 58.3 Å². The molecular weight excluding hydrogens is 350 g/mol. The molecule has 1 saturated carbocycles. The van der Waals surface area contributed by atoms with Crippen molar-refractivity contribution in [3.8, 4) is 11.8 Å². The van der Waals surface area contributed by atoms with Crippen LogP contribution in [0.5, 0.6) is 5.75 Å². The SMILES string of the molecule is CO/C(=C1\C2CCCC1C1=C(CCCC1)C2)c1ccc(C#N)c(OC(C)=O)c1. The Labute approximate surface area is 166 Å². The van der Waals surface area contributed by atoms with Gasteiger partial charge >= 0.3 is 5.97 Å². The maximum absolute atomic E-state index is 11.5. The zero-order valence-electron chi connectivity index (χ0n) is 16.7. The lowest BCUT2D eigenvalue weighted by atomic mass is 9.62. The van der Waals surface area contributed by atoms with Gasteiger partial charge in [0.1, 0.15) is 17.6 Å². The first kappa shape index (κ1) is 18.8. The van der Waals surface area contributed by atoms with Crippen molar-refractivity contribution >= 4 is 11.7 Å². The molecule has 3 aliphatic rings.